The molecule has 3 saturated heterocycles. The summed E-state index contributed by atoms with van der Waals surface area (Å²) in [6.07, 6.45) is -0.163. The van der Waals surface area contributed by atoms with Crippen LogP contribution in [-0.4, -0.2) is 126 Å². The highest BCUT2D eigenvalue weighted by Crippen LogP contribution is 2.57. The summed E-state index contributed by atoms with van der Waals surface area (Å²) in [7, 11) is 8.93. The Kier molecular flexibility index (Phi) is 15.7. The first-order valence-electron chi connectivity index (χ1n) is 23.3. The maximum absolute atomic E-state index is 15.2. The van der Waals surface area contributed by atoms with Crippen LogP contribution in [0.4, 0.5) is 18.9 Å². The van der Waals surface area contributed by atoms with Crippen LogP contribution in [0.3, 0.4) is 0 Å². The Bertz CT molecular complexity index is 1750. The Morgan fingerprint density at radius 1 is 0.873 bits per heavy atom. The fourth-order valence-corrected chi connectivity index (χ4v) is 12.2. The molecule has 15 heteroatoms. The fourth-order valence-electron chi connectivity index (χ4n) is 12.2. The van der Waals surface area contributed by atoms with E-state index in [4.69, 9.17) is 37.9 Å². The number of benzene rings is 1. The molecule has 7 rings (SSSR count). The lowest BCUT2D eigenvalue weighted by Crippen LogP contribution is -2.59. The van der Waals surface area contributed by atoms with Crippen molar-refractivity contribution in [2.45, 2.75) is 172 Å². The lowest BCUT2D eigenvalue weighted by atomic mass is 9.63. The van der Waals surface area contributed by atoms with Crippen LogP contribution in [-0.2, 0) is 53.7 Å². The van der Waals surface area contributed by atoms with Gasteiger partial charge in [-0.3, -0.25) is 9.59 Å². The minimum Gasteiger partial charge on any atom is -0.462 e. The van der Waals surface area contributed by atoms with Crippen LogP contribution < -0.4 is 5.32 Å². The Labute approximate surface area is 371 Å². The van der Waals surface area contributed by atoms with E-state index in [0.717, 1.165) is 18.6 Å². The van der Waals surface area contributed by atoms with Crippen LogP contribution in [0.1, 0.15) is 97.5 Å². The molecule has 1 N–H and O–H groups in total. The average Bonchev–Trinajstić information content (AvgIpc) is 3.82. The van der Waals surface area contributed by atoms with Gasteiger partial charge in [0, 0.05) is 50.9 Å². The number of carbonyl (C=O) groups excluding carboxylic acids is 2. The highest BCUT2D eigenvalue weighted by Gasteiger charge is 2.57. The number of esters is 1. The third-order valence-corrected chi connectivity index (χ3v) is 15.3. The van der Waals surface area contributed by atoms with Crippen molar-refractivity contribution in [3.63, 3.8) is 0 Å². The molecule has 3 aliphatic heterocycles. The van der Waals surface area contributed by atoms with Crippen LogP contribution in [0, 0.1) is 35.5 Å². The molecule has 354 valence electrons. The summed E-state index contributed by atoms with van der Waals surface area (Å²) in [5.74, 6) is -1.79. The molecule has 0 amide bonds. The Morgan fingerprint density at radius 3 is 2.29 bits per heavy atom. The summed E-state index contributed by atoms with van der Waals surface area (Å²) in [5, 5.41) is 3.52. The number of rotatable bonds is 11. The Morgan fingerprint density at radius 2 is 1.62 bits per heavy atom. The van der Waals surface area contributed by atoms with Crippen LogP contribution in [0.15, 0.2) is 35.9 Å². The summed E-state index contributed by atoms with van der Waals surface area (Å²) >= 11 is 0. The fraction of sp³-hybridized carbons (Fsp3) is 0.792. The smallest absolute Gasteiger partial charge is 0.416 e. The molecule has 2 saturated carbocycles. The van der Waals surface area contributed by atoms with Gasteiger partial charge in [-0.2, -0.15) is 13.2 Å². The topological polar surface area (TPSA) is 123 Å². The molecule has 6 aliphatic rings. The average molecular weight is 893 g/mol. The van der Waals surface area contributed by atoms with E-state index in [9.17, 15) is 18.0 Å². The lowest BCUT2D eigenvalue weighted by Gasteiger charge is -2.45. The van der Waals surface area contributed by atoms with E-state index in [0.29, 0.717) is 62.6 Å². The zero-order chi connectivity index (χ0) is 45.3. The molecule has 12 nitrogen and oxygen atoms in total. The summed E-state index contributed by atoms with van der Waals surface area (Å²) in [6, 6.07) is 5.16. The summed E-state index contributed by atoms with van der Waals surface area (Å²) in [5.41, 5.74) is 0.173. The number of carbonyl (C=O) groups is 2. The number of nitrogens with one attached hydrogen (secondary N) is 1. The number of nitrogens with zero attached hydrogens (tertiary/aromatic N) is 1. The van der Waals surface area contributed by atoms with E-state index in [1.54, 1.807) is 27.4 Å². The number of fused-ring (bicyclic) bond motifs is 5. The number of allylic oxidation sites excluding steroid dienone is 2. The van der Waals surface area contributed by atoms with Crippen LogP contribution >= 0.6 is 0 Å². The number of Topliss-reactive ketones (excluding diaryl/α,β-unsaturated/α-hetero) is 1. The second kappa shape index (κ2) is 20.5. The monoisotopic (exact) mass is 893 g/mol. The number of ketones is 1. The summed E-state index contributed by atoms with van der Waals surface area (Å²) in [6.45, 7) is 7.92. The van der Waals surface area contributed by atoms with Gasteiger partial charge in [-0.25, -0.2) is 0 Å². The van der Waals surface area contributed by atoms with Gasteiger partial charge >= 0.3 is 12.1 Å². The molecule has 1 aromatic rings. The number of cyclic esters (lactones) is 1. The number of alkyl halides is 3. The first-order valence-corrected chi connectivity index (χ1v) is 23.3. The molecule has 3 aliphatic carbocycles. The van der Waals surface area contributed by atoms with Crippen molar-refractivity contribution >= 4 is 17.4 Å². The Hall–Kier alpha value is -2.63. The van der Waals surface area contributed by atoms with E-state index in [-0.39, 0.29) is 84.4 Å². The molecule has 0 spiro atoms. The molecule has 0 aromatic heterocycles. The summed E-state index contributed by atoms with van der Waals surface area (Å²) < 4.78 is 92.0. The maximum Gasteiger partial charge on any atom is 0.416 e. The molecule has 4 unspecified atom stereocenters. The number of methoxy groups -OCH3 is 3. The van der Waals surface area contributed by atoms with Gasteiger partial charge in [-0.05, 0) is 133 Å². The van der Waals surface area contributed by atoms with Crippen molar-refractivity contribution in [1.82, 2.24) is 4.90 Å². The molecule has 1 aromatic carbocycles. The van der Waals surface area contributed by atoms with E-state index in [1.807, 2.05) is 20.8 Å². The van der Waals surface area contributed by atoms with E-state index in [1.165, 1.54) is 6.07 Å². The normalized spacial score (nSPS) is 41.4. The van der Waals surface area contributed by atoms with Gasteiger partial charge in [-0.1, -0.05) is 26.0 Å². The van der Waals surface area contributed by atoms with E-state index in [2.05, 4.69) is 37.3 Å². The van der Waals surface area contributed by atoms with Crippen LogP contribution in [0.25, 0.3) is 0 Å². The molecule has 63 heavy (non-hydrogen) atoms. The first-order chi connectivity index (χ1) is 30.0. The number of anilines is 1. The number of hydrogen-bond acceptors (Lipinski definition) is 12. The molecule has 3 heterocycles. The molecule has 0 bridgehead atoms. The zero-order valence-corrected chi connectivity index (χ0v) is 38.5. The van der Waals surface area contributed by atoms with Gasteiger partial charge in [0.2, 0.25) is 0 Å². The quantitative estimate of drug-likeness (QED) is 0.218. The third kappa shape index (κ3) is 10.5. The minimum absolute atomic E-state index is 0.0108. The minimum atomic E-state index is -4.52. The van der Waals surface area contributed by atoms with E-state index < -0.39 is 54.5 Å². The molecular formula is C48H71F3N2O10. The zero-order valence-electron chi connectivity index (χ0n) is 38.5. The SMILES string of the molecule is CC[C@H]1CCC[C@H](O[C@H]2CC[C@H](N(C)C)C(C)O2)[C@@H](C)C(=O)C2=C[C@H]3[C@@H]4C[C@H](O[C@@H]5OC(C)[C@H](OC)C(OC)C5OC)C[C@H]4C[C@H](Nc4cccc(C(F)(F)F)c4)[C@H]3[C@@H]2CC(=O)O1. The largest absolute Gasteiger partial charge is 0.462 e. The van der Waals surface area contributed by atoms with Gasteiger partial charge in [0.05, 0.1) is 36.4 Å². The molecule has 18 atom stereocenters. The van der Waals surface area contributed by atoms with Crippen molar-refractivity contribution in [1.29, 1.82) is 0 Å². The Balaban J connectivity index is 1.21. The van der Waals surface area contributed by atoms with Gasteiger partial charge in [0.1, 0.15) is 24.4 Å². The van der Waals surface area contributed by atoms with Gasteiger partial charge in [-0.15, -0.1) is 0 Å². The van der Waals surface area contributed by atoms with Crippen LogP contribution in [0.2, 0.25) is 0 Å². The van der Waals surface area contributed by atoms with Crippen molar-refractivity contribution in [2.24, 2.45) is 35.5 Å². The molecule has 0 radical (unpaired) electrons. The van der Waals surface area contributed by atoms with Crippen molar-refractivity contribution in [3.8, 4) is 0 Å². The highest BCUT2D eigenvalue weighted by atomic mass is 19.4. The van der Waals surface area contributed by atoms with Gasteiger partial charge in [0.15, 0.2) is 18.4 Å². The second-order valence-electron chi connectivity index (χ2n) is 19.3. The predicted molar refractivity (Wildman–Crippen MR) is 229 cm³/mol. The first kappa shape index (κ1) is 48.3. The van der Waals surface area contributed by atoms with Crippen molar-refractivity contribution in [3.05, 3.63) is 41.5 Å². The van der Waals surface area contributed by atoms with Crippen molar-refractivity contribution < 1.29 is 60.7 Å². The lowest BCUT2D eigenvalue weighted by molar-refractivity contribution is -0.314. The maximum atomic E-state index is 15.2. The predicted octanol–water partition coefficient (Wildman–Crippen LogP) is 7.82. The number of ether oxygens (including phenoxy) is 8. The standard InChI is InChI=1S/C48H71F3N2O10/c1-10-31-15-12-16-39(63-41-18-17-38(53(5)6)26(3)59-41)25(2)43(55)36-23-34-33-22-32(62-47-46(58-9)45(57-8)44(56-7)27(4)60-47)19-28(33)20-37(42(34)35(36)24-40(54)61-31)52-30-14-11-13-29(21-30)48(49,50)51/h11,13-14,21,23,25-28,31-35,37-39,41-42,44-47,52H,10,12,15-20,22,24H2,1-9H3/t25-,26?,27?,28+,31+,32-,33-,34+,35-,37+,38+,39+,41+,42-,44+,45?,46?,47+/m1/s1. The third-order valence-electron chi connectivity index (χ3n) is 15.3. The van der Waals surface area contributed by atoms with Gasteiger partial charge in [0.25, 0.3) is 0 Å². The van der Waals surface area contributed by atoms with Crippen molar-refractivity contribution in [2.75, 3.05) is 40.7 Å². The number of halogens is 3. The molecule has 5 fully saturated rings. The molecular weight excluding hydrogens is 822 g/mol. The van der Waals surface area contributed by atoms with E-state index >= 15 is 4.79 Å². The van der Waals surface area contributed by atoms with Gasteiger partial charge < -0.3 is 48.1 Å². The second-order valence-corrected chi connectivity index (χ2v) is 19.3. The summed E-state index contributed by atoms with van der Waals surface area (Å²) in [4.78, 5) is 31.3. The number of likely N-dealkylation sites (N-methyl/N-ethyl adjacent to an activating group) is 1. The number of hydrogen-bond donors (Lipinski definition) is 1. The highest BCUT2D eigenvalue weighted by molar-refractivity contribution is 5.99. The van der Waals surface area contributed by atoms with Crippen LogP contribution in [0.5, 0.6) is 0 Å².